The Bertz CT molecular complexity index is 460. The summed E-state index contributed by atoms with van der Waals surface area (Å²) in [4.78, 5) is 2.15. The summed E-state index contributed by atoms with van der Waals surface area (Å²) in [6, 6.07) is 12.6. The summed E-state index contributed by atoms with van der Waals surface area (Å²) < 4.78 is 0. The number of rotatable bonds is 3. The van der Waals surface area contributed by atoms with E-state index in [9.17, 15) is 0 Å². The molecule has 1 heterocycles. The standard InChI is InChI=1S/C14H15NS.Li/c1-15(2)14(10-12-8-9-16-11-12)13-6-4-3-5-7-13;/h3-11H,1-2H3;. The quantitative estimate of drug-likeness (QED) is 0.738. The van der Waals surface area contributed by atoms with Crippen LogP contribution in [0.4, 0.5) is 0 Å². The summed E-state index contributed by atoms with van der Waals surface area (Å²) in [5.74, 6) is 0. The molecule has 0 saturated carbocycles. The molecule has 83 valence electrons. The number of thiophene rings is 1. The largest absolute Gasteiger partial charge is 0.377 e. The van der Waals surface area contributed by atoms with E-state index in [0.717, 1.165) is 0 Å². The molecule has 3 heteroatoms. The van der Waals surface area contributed by atoms with Gasteiger partial charge in [-0.3, -0.25) is 0 Å². The van der Waals surface area contributed by atoms with Crippen LogP contribution in [0.15, 0.2) is 47.2 Å². The van der Waals surface area contributed by atoms with Crippen LogP contribution in [-0.2, 0) is 0 Å². The molecule has 1 aromatic carbocycles. The first-order valence-corrected chi connectivity index (χ1v) is 6.18. The van der Waals surface area contributed by atoms with E-state index in [1.807, 2.05) is 6.07 Å². The van der Waals surface area contributed by atoms with E-state index in [1.165, 1.54) is 16.8 Å². The van der Waals surface area contributed by atoms with Crippen molar-refractivity contribution >= 4 is 42.0 Å². The van der Waals surface area contributed by atoms with Crippen molar-refractivity contribution in [2.24, 2.45) is 0 Å². The minimum absolute atomic E-state index is 0. The molecule has 0 amide bonds. The first-order valence-electron chi connectivity index (χ1n) is 5.24. The van der Waals surface area contributed by atoms with Crippen LogP contribution in [0.25, 0.3) is 11.8 Å². The Labute approximate surface area is 119 Å². The molecule has 2 rings (SSSR count). The van der Waals surface area contributed by atoms with Crippen molar-refractivity contribution < 1.29 is 0 Å². The van der Waals surface area contributed by atoms with Gasteiger partial charge in [0.15, 0.2) is 0 Å². The van der Waals surface area contributed by atoms with Gasteiger partial charge in [0.05, 0.1) is 0 Å². The monoisotopic (exact) mass is 236 g/mol. The van der Waals surface area contributed by atoms with Crippen molar-refractivity contribution in [3.05, 3.63) is 58.3 Å². The van der Waals surface area contributed by atoms with Crippen molar-refractivity contribution in [2.45, 2.75) is 0 Å². The molecule has 0 aliphatic rings. The second-order valence-corrected chi connectivity index (χ2v) is 4.63. The van der Waals surface area contributed by atoms with E-state index in [2.05, 4.69) is 66.2 Å². The van der Waals surface area contributed by atoms with Crippen LogP contribution < -0.4 is 0 Å². The van der Waals surface area contributed by atoms with Crippen LogP contribution in [0.1, 0.15) is 11.1 Å². The van der Waals surface area contributed by atoms with Crippen LogP contribution in [0.5, 0.6) is 0 Å². The van der Waals surface area contributed by atoms with E-state index in [0.29, 0.717) is 0 Å². The fourth-order valence-electron chi connectivity index (χ4n) is 1.59. The molecule has 0 N–H and O–H groups in total. The Morgan fingerprint density at radius 2 is 1.82 bits per heavy atom. The fourth-order valence-corrected chi connectivity index (χ4v) is 2.21. The van der Waals surface area contributed by atoms with Gasteiger partial charge in [0, 0.05) is 38.7 Å². The third-order valence-corrected chi connectivity index (χ3v) is 3.10. The Morgan fingerprint density at radius 1 is 1.12 bits per heavy atom. The average molecular weight is 236 g/mol. The zero-order valence-corrected chi connectivity index (χ0v) is 11.4. The molecule has 0 bridgehead atoms. The zero-order chi connectivity index (χ0) is 11.4. The van der Waals surface area contributed by atoms with Crippen molar-refractivity contribution in [2.75, 3.05) is 14.1 Å². The normalized spacial score (nSPS) is 10.8. The molecule has 1 aromatic heterocycles. The molecule has 0 aliphatic carbocycles. The van der Waals surface area contributed by atoms with Crippen molar-refractivity contribution in [3.8, 4) is 0 Å². The Hall–Kier alpha value is -0.943. The number of benzene rings is 1. The van der Waals surface area contributed by atoms with Crippen molar-refractivity contribution in [3.63, 3.8) is 0 Å². The first-order chi connectivity index (χ1) is 7.77. The fraction of sp³-hybridized carbons (Fsp3) is 0.143. The molecule has 0 fully saturated rings. The smallest absolute Gasteiger partial charge is 0.0440 e. The maximum atomic E-state index is 2.21. The topological polar surface area (TPSA) is 3.24 Å². The van der Waals surface area contributed by atoms with E-state index in [-0.39, 0.29) is 18.9 Å². The van der Waals surface area contributed by atoms with Crippen LogP contribution >= 0.6 is 11.3 Å². The molecule has 0 atom stereocenters. The van der Waals surface area contributed by atoms with Gasteiger partial charge in [0.25, 0.3) is 0 Å². The van der Waals surface area contributed by atoms with Crippen LogP contribution in [-0.4, -0.2) is 37.9 Å². The van der Waals surface area contributed by atoms with Gasteiger partial charge in [-0.2, -0.15) is 11.3 Å². The maximum absolute atomic E-state index is 2.21. The number of hydrogen-bond donors (Lipinski definition) is 0. The van der Waals surface area contributed by atoms with Gasteiger partial charge in [0.1, 0.15) is 0 Å². The summed E-state index contributed by atoms with van der Waals surface area (Å²) >= 11 is 1.73. The molecule has 17 heavy (non-hydrogen) atoms. The van der Waals surface area contributed by atoms with Crippen LogP contribution in [0.2, 0.25) is 0 Å². The van der Waals surface area contributed by atoms with Crippen LogP contribution in [0, 0.1) is 0 Å². The van der Waals surface area contributed by atoms with E-state index in [1.54, 1.807) is 11.3 Å². The second-order valence-electron chi connectivity index (χ2n) is 3.85. The molecule has 0 unspecified atom stereocenters. The van der Waals surface area contributed by atoms with Gasteiger partial charge in [-0.1, -0.05) is 30.3 Å². The summed E-state index contributed by atoms with van der Waals surface area (Å²) in [6.07, 6.45) is 2.21. The van der Waals surface area contributed by atoms with Crippen molar-refractivity contribution in [1.82, 2.24) is 4.90 Å². The number of nitrogens with zero attached hydrogens (tertiary/aromatic N) is 1. The molecular formula is C14H15LiNS. The third kappa shape index (κ3) is 3.78. The number of hydrogen-bond acceptors (Lipinski definition) is 2. The maximum Gasteiger partial charge on any atom is 0.0440 e. The Balaban J connectivity index is 0.00000144. The molecule has 2 aromatic rings. The summed E-state index contributed by atoms with van der Waals surface area (Å²) in [7, 11) is 4.15. The molecule has 1 radical (unpaired) electrons. The summed E-state index contributed by atoms with van der Waals surface area (Å²) in [6.45, 7) is 0. The predicted molar refractivity (Wildman–Crippen MR) is 78.1 cm³/mol. The van der Waals surface area contributed by atoms with E-state index >= 15 is 0 Å². The molecular weight excluding hydrogens is 221 g/mol. The minimum atomic E-state index is 0. The first kappa shape index (κ1) is 14.1. The Kier molecular flexibility index (Phi) is 5.57. The van der Waals surface area contributed by atoms with Crippen molar-refractivity contribution in [1.29, 1.82) is 0 Å². The summed E-state index contributed by atoms with van der Waals surface area (Å²) in [5, 5.41) is 4.26. The predicted octanol–water partition coefficient (Wildman–Crippen LogP) is 3.43. The third-order valence-electron chi connectivity index (χ3n) is 2.40. The summed E-state index contributed by atoms with van der Waals surface area (Å²) in [5.41, 5.74) is 3.75. The van der Waals surface area contributed by atoms with Gasteiger partial charge in [-0.05, 0) is 34.0 Å². The zero-order valence-electron chi connectivity index (χ0n) is 10.6. The van der Waals surface area contributed by atoms with Gasteiger partial charge < -0.3 is 4.90 Å². The van der Waals surface area contributed by atoms with Gasteiger partial charge >= 0.3 is 0 Å². The van der Waals surface area contributed by atoms with Crippen LogP contribution in [0.3, 0.4) is 0 Å². The molecule has 0 saturated heterocycles. The van der Waals surface area contributed by atoms with Gasteiger partial charge in [-0.25, -0.2) is 0 Å². The van der Waals surface area contributed by atoms with Gasteiger partial charge in [0.2, 0.25) is 0 Å². The minimum Gasteiger partial charge on any atom is -0.377 e. The van der Waals surface area contributed by atoms with Gasteiger partial charge in [-0.15, -0.1) is 0 Å². The SMILES string of the molecule is CN(C)C(=Cc1ccsc1)c1ccccc1.[Li]. The molecule has 0 spiro atoms. The second kappa shape index (κ2) is 6.71. The van der Waals surface area contributed by atoms with E-state index < -0.39 is 0 Å². The molecule has 0 aliphatic heterocycles. The Morgan fingerprint density at radius 3 is 2.35 bits per heavy atom. The average Bonchev–Trinajstić information content (AvgIpc) is 2.79. The molecule has 1 nitrogen and oxygen atoms in total. The van der Waals surface area contributed by atoms with E-state index in [4.69, 9.17) is 0 Å².